The molecule has 0 aromatic carbocycles. The van der Waals surface area contributed by atoms with Crippen molar-refractivity contribution in [1.82, 2.24) is 14.9 Å². The maximum atomic E-state index is 12.7. The molecule has 2 saturated carbocycles. The van der Waals surface area contributed by atoms with E-state index in [9.17, 15) is 13.2 Å². The molecular weight excluding hydrogens is 368 g/mol. The summed E-state index contributed by atoms with van der Waals surface area (Å²) in [6.45, 7) is 9.49. The zero-order valence-corrected chi connectivity index (χ0v) is 17.6. The van der Waals surface area contributed by atoms with Gasteiger partial charge in [-0.15, -0.1) is 0 Å². The van der Waals surface area contributed by atoms with Crippen LogP contribution in [0.15, 0.2) is 14.5 Å². The molecule has 0 aliphatic heterocycles. The van der Waals surface area contributed by atoms with Gasteiger partial charge >= 0.3 is 0 Å². The van der Waals surface area contributed by atoms with Gasteiger partial charge in [-0.3, -0.25) is 4.79 Å². The average molecular weight is 397 g/mol. The van der Waals surface area contributed by atoms with Crippen LogP contribution in [0.2, 0.25) is 0 Å². The van der Waals surface area contributed by atoms with Crippen LogP contribution in [0.4, 0.5) is 0 Å². The SMILES string of the molecule is Cc1noc(C)c1S(=O)(=O)N(C)CC(=O)NN=C1C[C@H]2CC[C@@]1(C)C2(C)C. The van der Waals surface area contributed by atoms with E-state index in [1.807, 2.05) is 0 Å². The third-order valence-electron chi connectivity index (χ3n) is 6.83. The zero-order chi connectivity index (χ0) is 20.2. The first-order chi connectivity index (χ1) is 12.4. The number of likely N-dealkylation sites (N-methyl/N-ethyl adjacent to an activating group) is 1. The Kier molecular flexibility index (Phi) is 4.75. The van der Waals surface area contributed by atoms with Gasteiger partial charge < -0.3 is 4.52 Å². The molecule has 1 heterocycles. The number of sulfonamides is 1. The van der Waals surface area contributed by atoms with Crippen LogP contribution in [0.5, 0.6) is 0 Å². The van der Waals surface area contributed by atoms with Gasteiger partial charge in [0.05, 0.1) is 6.54 Å². The van der Waals surface area contributed by atoms with Crippen LogP contribution in [0.1, 0.15) is 51.5 Å². The Morgan fingerprint density at radius 1 is 1.37 bits per heavy atom. The smallest absolute Gasteiger partial charge is 0.255 e. The maximum absolute atomic E-state index is 12.7. The van der Waals surface area contributed by atoms with Crippen LogP contribution in [-0.4, -0.2) is 43.1 Å². The quantitative estimate of drug-likeness (QED) is 0.769. The van der Waals surface area contributed by atoms with Crippen LogP contribution in [-0.2, 0) is 14.8 Å². The van der Waals surface area contributed by atoms with Crippen molar-refractivity contribution >= 4 is 21.6 Å². The molecule has 8 nitrogen and oxygen atoms in total. The highest BCUT2D eigenvalue weighted by Crippen LogP contribution is 2.63. The molecule has 1 N–H and O–H groups in total. The summed E-state index contributed by atoms with van der Waals surface area (Å²) >= 11 is 0. The fourth-order valence-corrected chi connectivity index (χ4v) is 5.96. The summed E-state index contributed by atoms with van der Waals surface area (Å²) in [6, 6.07) is 0. The lowest BCUT2D eigenvalue weighted by atomic mass is 9.70. The zero-order valence-electron chi connectivity index (χ0n) is 16.8. The van der Waals surface area contributed by atoms with Gasteiger partial charge in [0, 0.05) is 18.2 Å². The molecule has 2 aliphatic rings. The lowest BCUT2D eigenvalue weighted by molar-refractivity contribution is -0.121. The first kappa shape index (κ1) is 20.0. The molecule has 0 unspecified atom stereocenters. The standard InChI is InChI=1S/C18H28N4O4S/c1-11-16(12(2)26-21-11)27(24,25)22(6)10-15(23)20-19-14-9-13-7-8-18(14,5)17(13,3)4/h13H,7-10H2,1-6H3,(H,20,23)/t13-,18-/m1/s1. The highest BCUT2D eigenvalue weighted by molar-refractivity contribution is 7.89. The first-order valence-electron chi connectivity index (χ1n) is 9.16. The number of hydrogen-bond acceptors (Lipinski definition) is 6. The number of nitrogens with one attached hydrogen (secondary N) is 1. The molecule has 27 heavy (non-hydrogen) atoms. The fourth-order valence-electron chi connectivity index (χ4n) is 4.55. The molecule has 2 bridgehead atoms. The summed E-state index contributed by atoms with van der Waals surface area (Å²) in [7, 11) is -2.50. The van der Waals surface area contributed by atoms with Crippen LogP contribution >= 0.6 is 0 Å². The number of aryl methyl sites for hydroxylation is 2. The van der Waals surface area contributed by atoms with E-state index in [1.165, 1.54) is 20.4 Å². The van der Waals surface area contributed by atoms with Crippen molar-refractivity contribution in [3.8, 4) is 0 Å². The highest BCUT2D eigenvalue weighted by atomic mass is 32.2. The highest BCUT2D eigenvalue weighted by Gasteiger charge is 2.60. The molecule has 1 aromatic heterocycles. The number of aromatic nitrogens is 1. The third kappa shape index (κ3) is 3.00. The fraction of sp³-hybridized carbons (Fsp3) is 0.722. The number of carbonyl (C=O) groups excluding carboxylic acids is 1. The van der Waals surface area contributed by atoms with Crippen molar-refractivity contribution in [1.29, 1.82) is 0 Å². The van der Waals surface area contributed by atoms with Gasteiger partial charge in [0.25, 0.3) is 5.91 Å². The number of hydrogen-bond donors (Lipinski definition) is 1. The monoisotopic (exact) mass is 396 g/mol. The molecule has 0 saturated heterocycles. The Morgan fingerprint density at radius 3 is 2.52 bits per heavy atom. The van der Waals surface area contributed by atoms with Crippen LogP contribution in [0.25, 0.3) is 0 Å². The Morgan fingerprint density at radius 2 is 2.04 bits per heavy atom. The van der Waals surface area contributed by atoms with E-state index in [0.29, 0.717) is 5.92 Å². The molecule has 1 amide bonds. The number of nitrogens with zero attached hydrogens (tertiary/aromatic N) is 3. The average Bonchev–Trinajstić information content (AvgIpc) is 3.09. The summed E-state index contributed by atoms with van der Waals surface area (Å²) in [5.41, 5.74) is 3.99. The molecule has 2 fully saturated rings. The maximum Gasteiger partial charge on any atom is 0.255 e. The van der Waals surface area contributed by atoms with Crippen LogP contribution in [0.3, 0.4) is 0 Å². The largest absolute Gasteiger partial charge is 0.360 e. The van der Waals surface area contributed by atoms with Gasteiger partial charge in [-0.1, -0.05) is 25.9 Å². The normalized spacial score (nSPS) is 28.3. The minimum absolute atomic E-state index is 0.00600. The van der Waals surface area contributed by atoms with E-state index in [4.69, 9.17) is 4.52 Å². The van der Waals surface area contributed by atoms with Crippen molar-refractivity contribution in [3.63, 3.8) is 0 Å². The second kappa shape index (κ2) is 6.41. The predicted molar refractivity (Wildman–Crippen MR) is 101 cm³/mol. The number of hydrazone groups is 1. The lowest BCUT2D eigenvalue weighted by Crippen LogP contribution is -2.38. The van der Waals surface area contributed by atoms with Crippen LogP contribution < -0.4 is 5.43 Å². The van der Waals surface area contributed by atoms with Crippen LogP contribution in [0, 0.1) is 30.6 Å². The predicted octanol–water partition coefficient (Wildman–Crippen LogP) is 2.23. The molecule has 1 aromatic rings. The minimum Gasteiger partial charge on any atom is -0.360 e. The summed E-state index contributed by atoms with van der Waals surface area (Å²) in [4.78, 5) is 12.3. The Balaban J connectivity index is 1.68. The molecular formula is C18H28N4O4S. The van der Waals surface area contributed by atoms with Gasteiger partial charge in [0.1, 0.15) is 10.6 Å². The molecule has 9 heteroatoms. The van der Waals surface area contributed by atoms with E-state index in [1.54, 1.807) is 6.92 Å². The summed E-state index contributed by atoms with van der Waals surface area (Å²) in [5, 5.41) is 8.04. The number of fused-ring (bicyclic) bond motifs is 2. The molecule has 150 valence electrons. The van der Waals surface area contributed by atoms with E-state index < -0.39 is 15.9 Å². The van der Waals surface area contributed by atoms with E-state index >= 15 is 0 Å². The molecule has 0 spiro atoms. The second-order valence-electron chi connectivity index (χ2n) is 8.50. The summed E-state index contributed by atoms with van der Waals surface area (Å²) in [6.07, 6.45) is 3.14. The molecule has 3 rings (SSSR count). The van der Waals surface area contributed by atoms with E-state index in [0.717, 1.165) is 22.9 Å². The van der Waals surface area contributed by atoms with E-state index in [-0.39, 0.29) is 33.7 Å². The van der Waals surface area contributed by atoms with Gasteiger partial charge in [0.2, 0.25) is 10.0 Å². The van der Waals surface area contributed by atoms with Crippen molar-refractivity contribution in [3.05, 3.63) is 11.5 Å². The van der Waals surface area contributed by atoms with Crippen molar-refractivity contribution in [2.24, 2.45) is 21.8 Å². The Hall–Kier alpha value is -1.74. The minimum atomic E-state index is -3.86. The van der Waals surface area contributed by atoms with Crippen molar-refractivity contribution in [2.75, 3.05) is 13.6 Å². The van der Waals surface area contributed by atoms with Gasteiger partial charge in [-0.2, -0.15) is 9.41 Å². The van der Waals surface area contributed by atoms with Gasteiger partial charge in [-0.25, -0.2) is 13.8 Å². The number of amides is 1. The molecule has 2 atom stereocenters. The molecule has 0 radical (unpaired) electrons. The van der Waals surface area contributed by atoms with Crippen molar-refractivity contribution < 1.29 is 17.7 Å². The number of carbonyl (C=O) groups is 1. The molecule has 2 aliphatic carbocycles. The topological polar surface area (TPSA) is 105 Å². The Labute approximate surface area is 160 Å². The third-order valence-corrected chi connectivity index (χ3v) is 8.88. The lowest BCUT2D eigenvalue weighted by Gasteiger charge is -2.34. The number of rotatable bonds is 5. The second-order valence-corrected chi connectivity index (χ2v) is 10.5. The summed E-state index contributed by atoms with van der Waals surface area (Å²) in [5.74, 6) is 0.322. The van der Waals surface area contributed by atoms with Crippen molar-refractivity contribution in [2.45, 2.75) is 58.8 Å². The van der Waals surface area contributed by atoms with Gasteiger partial charge in [0.15, 0.2) is 5.76 Å². The first-order valence-corrected chi connectivity index (χ1v) is 10.6. The Bertz CT molecular complexity index is 883. The van der Waals surface area contributed by atoms with Gasteiger partial charge in [-0.05, 0) is 44.4 Å². The summed E-state index contributed by atoms with van der Waals surface area (Å²) < 4.78 is 31.3. The van der Waals surface area contributed by atoms with E-state index in [2.05, 4.69) is 36.5 Å².